The van der Waals surface area contributed by atoms with Crippen molar-refractivity contribution in [3.8, 4) is 0 Å². The highest BCUT2D eigenvalue weighted by atomic mass is 32.2. The van der Waals surface area contributed by atoms with Crippen molar-refractivity contribution in [1.29, 1.82) is 0 Å². The molecule has 1 aliphatic rings. The van der Waals surface area contributed by atoms with E-state index in [0.717, 1.165) is 18.1 Å². The molecule has 1 fully saturated rings. The van der Waals surface area contributed by atoms with Crippen molar-refractivity contribution in [2.45, 2.75) is 37.9 Å². The fraction of sp³-hybridized carbons (Fsp3) is 0.778. The van der Waals surface area contributed by atoms with Gasteiger partial charge in [0.25, 0.3) is 0 Å². The molecule has 72 valence electrons. The van der Waals surface area contributed by atoms with Crippen LogP contribution in [0.1, 0.15) is 43.2 Å². The molecule has 0 amide bonds. The number of aryl methyl sites for hydroxylation is 1. The fourth-order valence-corrected chi connectivity index (χ4v) is 2.72. The van der Waals surface area contributed by atoms with Gasteiger partial charge in [0.2, 0.25) is 5.89 Å². The maximum absolute atomic E-state index is 5.09. The molecule has 1 atom stereocenters. The third-order valence-corrected chi connectivity index (χ3v) is 3.63. The van der Waals surface area contributed by atoms with E-state index < -0.39 is 0 Å². The Hall–Kier alpha value is -0.510. The molecule has 1 aromatic heterocycles. The largest absolute Gasteiger partial charge is 0.339 e. The van der Waals surface area contributed by atoms with Crippen LogP contribution in [0.15, 0.2) is 4.52 Å². The predicted molar refractivity (Wildman–Crippen MR) is 52.7 cm³/mol. The Morgan fingerprint density at radius 3 is 3.08 bits per heavy atom. The maximum atomic E-state index is 5.09. The van der Waals surface area contributed by atoms with Crippen molar-refractivity contribution in [3.63, 3.8) is 0 Å². The Labute approximate surface area is 82.3 Å². The highest BCUT2D eigenvalue weighted by Gasteiger charge is 2.20. The van der Waals surface area contributed by atoms with Gasteiger partial charge in [0, 0.05) is 6.42 Å². The van der Waals surface area contributed by atoms with Gasteiger partial charge >= 0.3 is 0 Å². The summed E-state index contributed by atoms with van der Waals surface area (Å²) in [5, 5.41) is 4.49. The van der Waals surface area contributed by atoms with Crippen molar-refractivity contribution in [3.05, 3.63) is 11.7 Å². The third kappa shape index (κ3) is 2.05. The second kappa shape index (κ2) is 4.13. The summed E-state index contributed by atoms with van der Waals surface area (Å²) in [4.78, 5) is 4.35. The molecular weight excluding hydrogens is 184 g/mol. The zero-order chi connectivity index (χ0) is 9.10. The Morgan fingerprint density at radius 2 is 2.46 bits per heavy atom. The maximum Gasteiger partial charge on any atom is 0.226 e. The van der Waals surface area contributed by atoms with Crippen LogP contribution in [0.25, 0.3) is 0 Å². The van der Waals surface area contributed by atoms with E-state index in [1.165, 1.54) is 25.0 Å². The van der Waals surface area contributed by atoms with Gasteiger partial charge < -0.3 is 4.52 Å². The minimum absolute atomic E-state index is 0.484. The van der Waals surface area contributed by atoms with Gasteiger partial charge in [-0.3, -0.25) is 0 Å². The summed E-state index contributed by atoms with van der Waals surface area (Å²) in [5.74, 6) is 2.91. The van der Waals surface area contributed by atoms with E-state index in [2.05, 4.69) is 10.1 Å². The number of thioether (sulfide) groups is 1. The summed E-state index contributed by atoms with van der Waals surface area (Å²) in [5.41, 5.74) is 0. The first kappa shape index (κ1) is 9.06. The molecule has 1 saturated heterocycles. The Bertz CT molecular complexity index is 268. The minimum Gasteiger partial charge on any atom is -0.339 e. The Kier molecular flexibility index (Phi) is 2.88. The Balaban J connectivity index is 2.05. The van der Waals surface area contributed by atoms with E-state index in [1.807, 2.05) is 18.7 Å². The van der Waals surface area contributed by atoms with Crippen molar-refractivity contribution in [2.75, 3.05) is 5.75 Å². The van der Waals surface area contributed by atoms with Gasteiger partial charge in [0.1, 0.15) is 0 Å². The lowest BCUT2D eigenvalue weighted by Crippen LogP contribution is -2.03. The highest BCUT2D eigenvalue weighted by Crippen LogP contribution is 2.36. The molecule has 0 saturated carbocycles. The van der Waals surface area contributed by atoms with Crippen molar-refractivity contribution in [1.82, 2.24) is 10.1 Å². The van der Waals surface area contributed by atoms with Crippen LogP contribution < -0.4 is 0 Å². The first-order valence-electron chi connectivity index (χ1n) is 4.84. The molecule has 0 bridgehead atoms. The van der Waals surface area contributed by atoms with Crippen LogP contribution >= 0.6 is 11.8 Å². The minimum atomic E-state index is 0.484. The zero-order valence-electron chi connectivity index (χ0n) is 7.82. The standard InChI is InChI=1S/C9H14N2OS/c1-2-8-10-9(11-12-8)7-5-3-4-6-13-7/h7H,2-6H2,1H3. The normalized spacial score (nSPS) is 23.3. The summed E-state index contributed by atoms with van der Waals surface area (Å²) >= 11 is 1.96. The zero-order valence-corrected chi connectivity index (χ0v) is 8.64. The molecule has 4 heteroatoms. The van der Waals surface area contributed by atoms with Crippen LogP contribution in [-0.2, 0) is 6.42 Å². The molecule has 1 unspecified atom stereocenters. The van der Waals surface area contributed by atoms with Crippen molar-refractivity contribution in [2.24, 2.45) is 0 Å². The summed E-state index contributed by atoms with van der Waals surface area (Å²) in [7, 11) is 0. The van der Waals surface area contributed by atoms with Crippen LogP contribution in [0.4, 0.5) is 0 Å². The van der Waals surface area contributed by atoms with E-state index in [4.69, 9.17) is 4.52 Å². The second-order valence-corrected chi connectivity index (χ2v) is 4.57. The van der Waals surface area contributed by atoms with Crippen LogP contribution in [0.2, 0.25) is 0 Å². The van der Waals surface area contributed by atoms with Crippen LogP contribution in [0, 0.1) is 0 Å². The Morgan fingerprint density at radius 1 is 1.54 bits per heavy atom. The van der Waals surface area contributed by atoms with E-state index >= 15 is 0 Å². The van der Waals surface area contributed by atoms with Gasteiger partial charge in [-0.1, -0.05) is 18.5 Å². The lowest BCUT2D eigenvalue weighted by atomic mass is 10.2. The second-order valence-electron chi connectivity index (χ2n) is 3.26. The van der Waals surface area contributed by atoms with Crippen molar-refractivity contribution < 1.29 is 4.52 Å². The van der Waals surface area contributed by atoms with Crippen LogP contribution in [0.3, 0.4) is 0 Å². The molecule has 3 nitrogen and oxygen atoms in total. The van der Waals surface area contributed by atoms with E-state index in [0.29, 0.717) is 5.25 Å². The van der Waals surface area contributed by atoms with E-state index in [-0.39, 0.29) is 0 Å². The van der Waals surface area contributed by atoms with Crippen molar-refractivity contribution >= 4 is 11.8 Å². The number of hydrogen-bond acceptors (Lipinski definition) is 4. The van der Waals surface area contributed by atoms with Gasteiger partial charge in [-0.05, 0) is 18.6 Å². The predicted octanol–water partition coefficient (Wildman–Crippen LogP) is 2.59. The molecule has 2 rings (SSSR count). The summed E-state index contributed by atoms with van der Waals surface area (Å²) in [6.07, 6.45) is 4.67. The summed E-state index contributed by atoms with van der Waals surface area (Å²) in [6, 6.07) is 0. The molecule has 0 N–H and O–H groups in total. The van der Waals surface area contributed by atoms with Gasteiger partial charge in [0.15, 0.2) is 5.82 Å². The number of nitrogens with zero attached hydrogens (tertiary/aromatic N) is 2. The number of aromatic nitrogens is 2. The lowest BCUT2D eigenvalue weighted by molar-refractivity contribution is 0.375. The highest BCUT2D eigenvalue weighted by molar-refractivity contribution is 7.99. The first-order chi connectivity index (χ1) is 6.40. The lowest BCUT2D eigenvalue weighted by Gasteiger charge is -2.17. The first-order valence-corrected chi connectivity index (χ1v) is 5.89. The van der Waals surface area contributed by atoms with Gasteiger partial charge in [0.05, 0.1) is 5.25 Å². The number of hydrogen-bond donors (Lipinski definition) is 0. The van der Waals surface area contributed by atoms with Crippen LogP contribution in [-0.4, -0.2) is 15.9 Å². The van der Waals surface area contributed by atoms with E-state index in [1.54, 1.807) is 0 Å². The SMILES string of the molecule is CCc1nc(C2CCCCS2)no1. The molecule has 13 heavy (non-hydrogen) atoms. The molecule has 2 heterocycles. The molecule has 0 radical (unpaired) electrons. The molecular formula is C9H14N2OS. The topological polar surface area (TPSA) is 38.9 Å². The number of rotatable bonds is 2. The quantitative estimate of drug-likeness (QED) is 0.732. The van der Waals surface area contributed by atoms with Crippen LogP contribution in [0.5, 0.6) is 0 Å². The smallest absolute Gasteiger partial charge is 0.226 e. The van der Waals surface area contributed by atoms with Gasteiger partial charge in [-0.15, -0.1) is 0 Å². The average molecular weight is 198 g/mol. The van der Waals surface area contributed by atoms with E-state index in [9.17, 15) is 0 Å². The monoisotopic (exact) mass is 198 g/mol. The molecule has 0 aliphatic carbocycles. The summed E-state index contributed by atoms with van der Waals surface area (Å²) < 4.78 is 5.09. The molecule has 0 spiro atoms. The fourth-order valence-electron chi connectivity index (χ4n) is 1.49. The summed E-state index contributed by atoms with van der Waals surface area (Å²) in [6.45, 7) is 2.03. The van der Waals surface area contributed by atoms with Gasteiger partial charge in [-0.2, -0.15) is 16.7 Å². The molecule has 1 aromatic rings. The van der Waals surface area contributed by atoms with Gasteiger partial charge in [-0.25, -0.2) is 0 Å². The molecule has 0 aromatic carbocycles. The molecule has 1 aliphatic heterocycles. The third-order valence-electron chi connectivity index (χ3n) is 2.25. The average Bonchev–Trinajstić information content (AvgIpc) is 2.67.